The maximum atomic E-state index is 13.3. The Balaban J connectivity index is 1.51. The topological polar surface area (TPSA) is 32.8 Å². The second-order valence-corrected chi connectivity index (χ2v) is 8.69. The van der Waals surface area contributed by atoms with Gasteiger partial charge in [-0.3, -0.25) is 4.79 Å². The summed E-state index contributed by atoms with van der Waals surface area (Å²) in [4.78, 5) is 17.6. The molecule has 0 aromatic heterocycles. The summed E-state index contributed by atoms with van der Waals surface area (Å²) in [5.74, 6) is -0.0340. The van der Waals surface area contributed by atoms with Crippen molar-refractivity contribution >= 4 is 17.5 Å². The molecule has 1 aromatic rings. The minimum Gasteiger partial charge on any atom is -0.484 e. The van der Waals surface area contributed by atoms with Gasteiger partial charge in [-0.15, -0.1) is 0 Å². The highest BCUT2D eigenvalue weighted by Gasteiger charge is 2.59. The third-order valence-electron chi connectivity index (χ3n) is 6.70. The van der Waals surface area contributed by atoms with Crippen LogP contribution in [0.5, 0.6) is 5.75 Å². The molecule has 26 heavy (non-hydrogen) atoms. The SMILES string of the molecule is CN1C[C@@H]2C[C@@]3(C)[C@H](CCCC[C@@H]13)N2C(=O)COc1ccc(F)c(Cl)c1. The van der Waals surface area contributed by atoms with Crippen LogP contribution in [-0.2, 0) is 4.79 Å². The predicted octanol–water partition coefficient (Wildman–Crippen LogP) is 3.72. The highest BCUT2D eigenvalue weighted by atomic mass is 35.5. The van der Waals surface area contributed by atoms with Crippen LogP contribution in [0.1, 0.15) is 39.0 Å². The highest BCUT2D eigenvalue weighted by Crippen LogP contribution is 2.52. The van der Waals surface area contributed by atoms with Gasteiger partial charge in [0.25, 0.3) is 5.91 Å². The number of likely N-dealkylation sites (tertiary alicyclic amines) is 2. The van der Waals surface area contributed by atoms with E-state index < -0.39 is 5.82 Å². The number of fused-ring (bicyclic) bond motifs is 1. The number of piperidine rings is 1. The van der Waals surface area contributed by atoms with E-state index in [0.29, 0.717) is 11.8 Å². The molecule has 2 heterocycles. The minimum atomic E-state index is -0.487. The number of ether oxygens (including phenoxy) is 1. The molecule has 0 N–H and O–H groups in total. The molecule has 2 aliphatic heterocycles. The van der Waals surface area contributed by atoms with E-state index in [4.69, 9.17) is 16.3 Å². The summed E-state index contributed by atoms with van der Waals surface area (Å²) in [5.41, 5.74) is 0.170. The maximum absolute atomic E-state index is 13.3. The zero-order valence-corrected chi connectivity index (χ0v) is 16.1. The van der Waals surface area contributed by atoms with Gasteiger partial charge in [-0.25, -0.2) is 4.39 Å². The summed E-state index contributed by atoms with van der Waals surface area (Å²) in [7, 11) is 2.20. The van der Waals surface area contributed by atoms with E-state index in [2.05, 4.69) is 23.8 Å². The molecule has 2 bridgehead atoms. The van der Waals surface area contributed by atoms with Crippen LogP contribution in [0, 0.1) is 11.2 Å². The Morgan fingerprint density at radius 1 is 1.35 bits per heavy atom. The molecule has 4 nitrogen and oxygen atoms in total. The summed E-state index contributed by atoms with van der Waals surface area (Å²) in [5, 5.41) is 0.00715. The van der Waals surface area contributed by atoms with Gasteiger partial charge >= 0.3 is 0 Å². The van der Waals surface area contributed by atoms with Crippen molar-refractivity contribution < 1.29 is 13.9 Å². The Bertz CT molecular complexity index is 715. The molecule has 1 aliphatic carbocycles. The smallest absolute Gasteiger partial charge is 0.261 e. The van der Waals surface area contributed by atoms with Crippen molar-refractivity contribution in [3.8, 4) is 5.75 Å². The largest absolute Gasteiger partial charge is 0.484 e. The van der Waals surface area contributed by atoms with Crippen molar-refractivity contribution in [3.05, 3.63) is 29.0 Å². The summed E-state index contributed by atoms with van der Waals surface area (Å²) in [6.45, 7) is 3.27. The number of amides is 1. The number of benzene rings is 1. The van der Waals surface area contributed by atoms with Crippen LogP contribution < -0.4 is 4.74 Å². The van der Waals surface area contributed by atoms with Gasteiger partial charge in [0.05, 0.1) is 5.02 Å². The van der Waals surface area contributed by atoms with Crippen LogP contribution in [-0.4, -0.2) is 54.0 Å². The number of rotatable bonds is 3. The Morgan fingerprint density at radius 2 is 2.08 bits per heavy atom. The van der Waals surface area contributed by atoms with Crippen LogP contribution in [0.15, 0.2) is 18.2 Å². The third-order valence-corrected chi connectivity index (χ3v) is 6.99. The lowest BCUT2D eigenvalue weighted by Gasteiger charge is -2.44. The van der Waals surface area contributed by atoms with E-state index in [1.54, 1.807) is 0 Å². The normalized spacial score (nSPS) is 33.8. The number of carbonyl (C=O) groups excluding carboxylic acids is 1. The predicted molar refractivity (Wildman–Crippen MR) is 98.9 cm³/mol. The average molecular weight is 381 g/mol. The van der Waals surface area contributed by atoms with E-state index in [-0.39, 0.29) is 35.0 Å². The van der Waals surface area contributed by atoms with Gasteiger partial charge in [0.1, 0.15) is 11.6 Å². The second-order valence-electron chi connectivity index (χ2n) is 8.28. The first-order valence-electron chi connectivity index (χ1n) is 9.49. The van der Waals surface area contributed by atoms with Crippen molar-refractivity contribution in [1.82, 2.24) is 9.80 Å². The van der Waals surface area contributed by atoms with Gasteiger partial charge in [0.15, 0.2) is 6.61 Å². The molecule has 4 rings (SSSR count). The van der Waals surface area contributed by atoms with E-state index >= 15 is 0 Å². The number of carbonyl (C=O) groups is 1. The molecule has 1 saturated carbocycles. The van der Waals surface area contributed by atoms with E-state index in [0.717, 1.165) is 19.4 Å². The fourth-order valence-corrected chi connectivity index (χ4v) is 5.82. The molecule has 0 radical (unpaired) electrons. The minimum absolute atomic E-state index is 0.00715. The van der Waals surface area contributed by atoms with E-state index in [9.17, 15) is 9.18 Å². The van der Waals surface area contributed by atoms with Gasteiger partial charge in [0.2, 0.25) is 0 Å². The van der Waals surface area contributed by atoms with Gasteiger partial charge in [-0.2, -0.15) is 0 Å². The van der Waals surface area contributed by atoms with Crippen LogP contribution in [0.25, 0.3) is 0 Å². The lowest BCUT2D eigenvalue weighted by Crippen LogP contribution is -2.51. The number of hydrogen-bond donors (Lipinski definition) is 0. The molecule has 3 aliphatic rings. The molecule has 6 heteroatoms. The standard InChI is InChI=1S/C20H26ClFN2O2/c1-20-10-13-11-23(2)17(20)5-3-4-6-18(20)24(13)19(25)12-26-14-7-8-16(22)15(21)9-14/h7-9,13,17-18H,3-6,10-12H2,1-2H3/t13-,17+,18-,20+/m0/s1. The van der Waals surface area contributed by atoms with Crippen LogP contribution in [0.3, 0.4) is 0 Å². The van der Waals surface area contributed by atoms with Gasteiger partial charge in [-0.05, 0) is 38.4 Å². The van der Waals surface area contributed by atoms with Crippen molar-refractivity contribution in [2.45, 2.75) is 57.2 Å². The molecular formula is C20H26ClFN2O2. The number of nitrogens with zero attached hydrogens (tertiary/aromatic N) is 2. The second kappa shape index (κ2) is 6.68. The lowest BCUT2D eigenvalue weighted by molar-refractivity contribution is -0.136. The quantitative estimate of drug-likeness (QED) is 0.801. The molecule has 1 aromatic carbocycles. The molecule has 2 saturated heterocycles. The Labute approximate surface area is 159 Å². The van der Waals surface area contributed by atoms with Crippen molar-refractivity contribution in [2.24, 2.45) is 5.41 Å². The monoisotopic (exact) mass is 380 g/mol. The maximum Gasteiger partial charge on any atom is 0.261 e. The average Bonchev–Trinajstić information content (AvgIpc) is 2.71. The van der Waals surface area contributed by atoms with Crippen molar-refractivity contribution in [3.63, 3.8) is 0 Å². The molecule has 1 amide bonds. The summed E-state index contributed by atoms with van der Waals surface area (Å²) < 4.78 is 18.9. The summed E-state index contributed by atoms with van der Waals surface area (Å²) in [6, 6.07) is 5.30. The first-order chi connectivity index (χ1) is 12.4. The zero-order valence-electron chi connectivity index (χ0n) is 15.4. The fourth-order valence-electron chi connectivity index (χ4n) is 5.65. The van der Waals surface area contributed by atoms with Gasteiger partial charge < -0.3 is 14.5 Å². The van der Waals surface area contributed by atoms with Crippen LogP contribution in [0.2, 0.25) is 5.02 Å². The Kier molecular flexibility index (Phi) is 4.64. The Morgan fingerprint density at radius 3 is 2.81 bits per heavy atom. The molecule has 0 unspecified atom stereocenters. The van der Waals surface area contributed by atoms with E-state index in [1.165, 1.54) is 37.5 Å². The molecular weight excluding hydrogens is 355 g/mol. The first-order valence-corrected chi connectivity index (χ1v) is 9.87. The first kappa shape index (κ1) is 18.1. The van der Waals surface area contributed by atoms with Crippen LogP contribution in [0.4, 0.5) is 4.39 Å². The molecule has 4 atom stereocenters. The highest BCUT2D eigenvalue weighted by molar-refractivity contribution is 6.30. The van der Waals surface area contributed by atoms with Crippen molar-refractivity contribution in [2.75, 3.05) is 20.2 Å². The summed E-state index contributed by atoms with van der Waals surface area (Å²) in [6.07, 6.45) is 5.79. The number of likely N-dealkylation sites (N-methyl/N-ethyl adjacent to an activating group) is 1. The lowest BCUT2D eigenvalue weighted by atomic mass is 9.71. The number of halogens is 2. The summed E-state index contributed by atoms with van der Waals surface area (Å²) >= 11 is 5.80. The van der Waals surface area contributed by atoms with Crippen LogP contribution >= 0.6 is 11.6 Å². The van der Waals surface area contributed by atoms with E-state index in [1.807, 2.05) is 0 Å². The van der Waals surface area contributed by atoms with Gasteiger partial charge in [0, 0.05) is 36.2 Å². The van der Waals surface area contributed by atoms with Crippen molar-refractivity contribution in [1.29, 1.82) is 0 Å². The molecule has 142 valence electrons. The molecule has 3 fully saturated rings. The fraction of sp³-hybridized carbons (Fsp3) is 0.650. The third kappa shape index (κ3) is 2.89. The molecule has 0 spiro atoms. The number of hydrogen-bond acceptors (Lipinski definition) is 3. The van der Waals surface area contributed by atoms with Gasteiger partial charge in [-0.1, -0.05) is 31.4 Å². The Hall–Kier alpha value is -1.33. The zero-order chi connectivity index (χ0) is 18.5.